The van der Waals surface area contributed by atoms with Gasteiger partial charge in [0.25, 0.3) is 8.32 Å². The summed E-state index contributed by atoms with van der Waals surface area (Å²) < 4.78 is 43.0. The SMILES string of the molecule is COc1cccc(OC)c1-c1cn(COCC[Si](C)(C)C)c2nc(NC(=O)C3CC3(F)CO[Si](c3ccccc3)(c3ccccc3)C(C)(C)C)ccc12. The molecule has 1 aliphatic rings. The molecule has 2 atom stereocenters. The molecule has 0 aliphatic heterocycles. The molecule has 0 radical (unpaired) electrons. The van der Waals surface area contributed by atoms with Gasteiger partial charge in [-0.2, -0.15) is 0 Å². The number of amides is 1. The molecule has 1 N–H and O–H groups in total. The van der Waals surface area contributed by atoms with Gasteiger partial charge in [0, 0.05) is 31.8 Å². The Morgan fingerprint density at radius 3 is 2.06 bits per heavy atom. The number of hydrogen-bond donors (Lipinski definition) is 1. The number of nitrogens with one attached hydrogen (secondary N) is 1. The molecule has 1 saturated carbocycles. The first-order chi connectivity index (χ1) is 25.2. The van der Waals surface area contributed by atoms with E-state index in [4.69, 9.17) is 23.6 Å². The van der Waals surface area contributed by atoms with Gasteiger partial charge in [0.05, 0.1) is 32.3 Å². The topological polar surface area (TPSA) is 83.8 Å². The second kappa shape index (κ2) is 15.2. The van der Waals surface area contributed by atoms with E-state index in [0.29, 0.717) is 29.6 Å². The summed E-state index contributed by atoms with van der Waals surface area (Å²) in [4.78, 5) is 18.6. The van der Waals surface area contributed by atoms with Gasteiger partial charge in [-0.15, -0.1) is 0 Å². The summed E-state index contributed by atoms with van der Waals surface area (Å²) in [5.74, 6) is 0.386. The van der Waals surface area contributed by atoms with Crippen molar-refractivity contribution in [3.8, 4) is 22.6 Å². The third-order valence-corrected chi connectivity index (χ3v) is 16.9. The maximum absolute atomic E-state index is 16.5. The van der Waals surface area contributed by atoms with Crippen molar-refractivity contribution in [2.24, 2.45) is 5.92 Å². The van der Waals surface area contributed by atoms with Crippen molar-refractivity contribution in [3.05, 3.63) is 97.2 Å². The molecular formula is C42H52FN3O5Si2. The van der Waals surface area contributed by atoms with Crippen molar-refractivity contribution >= 4 is 49.5 Å². The summed E-state index contributed by atoms with van der Waals surface area (Å²) in [6.07, 6.45) is 2.06. The minimum absolute atomic E-state index is 0.0817. The van der Waals surface area contributed by atoms with Gasteiger partial charge in [-0.1, -0.05) is 107 Å². The molecule has 53 heavy (non-hydrogen) atoms. The molecular weight excluding hydrogens is 702 g/mol. The number of ether oxygens (including phenoxy) is 3. The maximum atomic E-state index is 16.5. The van der Waals surface area contributed by atoms with E-state index in [-0.39, 0.29) is 24.8 Å². The minimum Gasteiger partial charge on any atom is -0.496 e. The average molecular weight is 754 g/mol. The largest absolute Gasteiger partial charge is 0.496 e. The van der Waals surface area contributed by atoms with Gasteiger partial charge in [-0.25, -0.2) is 9.37 Å². The van der Waals surface area contributed by atoms with E-state index in [0.717, 1.165) is 32.9 Å². The molecule has 280 valence electrons. The Hall–Kier alpha value is -4.30. The van der Waals surface area contributed by atoms with Crippen molar-refractivity contribution in [3.63, 3.8) is 0 Å². The van der Waals surface area contributed by atoms with E-state index in [1.54, 1.807) is 20.3 Å². The summed E-state index contributed by atoms with van der Waals surface area (Å²) in [6.45, 7) is 14.2. The van der Waals surface area contributed by atoms with Gasteiger partial charge in [0.2, 0.25) is 5.91 Å². The number of pyridine rings is 1. The number of hydrogen-bond acceptors (Lipinski definition) is 6. The van der Waals surface area contributed by atoms with Crippen molar-refractivity contribution in [2.75, 3.05) is 32.8 Å². The van der Waals surface area contributed by atoms with Crippen LogP contribution in [-0.4, -0.2) is 65.0 Å². The van der Waals surface area contributed by atoms with Gasteiger partial charge in [0.1, 0.15) is 35.4 Å². The third kappa shape index (κ3) is 7.99. The van der Waals surface area contributed by atoms with Crippen LogP contribution in [0, 0.1) is 5.92 Å². The summed E-state index contributed by atoms with van der Waals surface area (Å²) >= 11 is 0. The van der Waals surface area contributed by atoms with Crippen molar-refractivity contribution < 1.29 is 27.8 Å². The molecule has 1 fully saturated rings. The van der Waals surface area contributed by atoms with Crippen molar-refractivity contribution in [1.82, 2.24) is 9.55 Å². The van der Waals surface area contributed by atoms with Crippen LogP contribution in [0.25, 0.3) is 22.2 Å². The molecule has 6 rings (SSSR count). The number of carbonyl (C=O) groups excluding carboxylic acids is 1. The number of aromatic nitrogens is 2. The minimum atomic E-state index is -2.97. The fourth-order valence-corrected chi connectivity index (χ4v) is 12.5. The Bertz CT molecular complexity index is 1980. The lowest BCUT2D eigenvalue weighted by Gasteiger charge is -2.43. The Kier molecular flexibility index (Phi) is 11.0. The smallest absolute Gasteiger partial charge is 0.261 e. The van der Waals surface area contributed by atoms with Crippen LogP contribution in [0.2, 0.25) is 30.7 Å². The predicted octanol–water partition coefficient (Wildman–Crippen LogP) is 8.28. The average Bonchev–Trinajstić information content (AvgIpc) is 3.69. The Morgan fingerprint density at radius 2 is 1.51 bits per heavy atom. The van der Waals surface area contributed by atoms with Crippen LogP contribution in [-0.2, 0) is 20.7 Å². The predicted molar refractivity (Wildman–Crippen MR) is 217 cm³/mol. The molecule has 0 saturated heterocycles. The summed E-state index contributed by atoms with van der Waals surface area (Å²) in [6, 6.07) is 30.7. The first-order valence-electron chi connectivity index (χ1n) is 18.2. The van der Waals surface area contributed by atoms with Gasteiger partial charge in [-0.05, 0) is 52.1 Å². The highest BCUT2D eigenvalue weighted by atomic mass is 28.4. The van der Waals surface area contributed by atoms with E-state index in [1.807, 2.05) is 71.4 Å². The highest BCUT2D eigenvalue weighted by Gasteiger charge is 2.62. The summed E-state index contributed by atoms with van der Waals surface area (Å²) in [7, 11) is -1.01. The standard InChI is InChI=1S/C42H52FN3O5Si2/c1-41(2,3)53(30-16-11-9-12-17-30,31-18-13-10-14-19-31)51-28-42(43)26-34(42)40(47)45-37-23-22-32-33(38-35(48-4)20-15-21-36(38)49-5)27-46(39(32)44-37)29-50-24-25-52(6,7)8/h9-23,27,34H,24-26,28-29H2,1-8H3,(H,44,45,47). The van der Waals surface area contributed by atoms with E-state index < -0.39 is 33.9 Å². The first kappa shape index (κ1) is 38.4. The normalized spacial score (nSPS) is 17.5. The molecule has 2 heterocycles. The number of rotatable bonds is 15. The number of halogens is 1. The zero-order valence-electron chi connectivity index (χ0n) is 32.2. The molecule has 11 heteroatoms. The molecule has 0 spiro atoms. The molecule has 1 aliphatic carbocycles. The van der Waals surface area contributed by atoms with E-state index in [9.17, 15) is 4.79 Å². The lowest BCUT2D eigenvalue weighted by Crippen LogP contribution is -2.67. The molecule has 2 aromatic heterocycles. The molecule has 0 bridgehead atoms. The fourth-order valence-electron chi connectivity index (χ4n) is 7.16. The highest BCUT2D eigenvalue weighted by Crippen LogP contribution is 2.50. The Balaban J connectivity index is 1.26. The molecule has 3 aromatic carbocycles. The van der Waals surface area contributed by atoms with Gasteiger partial charge in [-0.3, -0.25) is 4.79 Å². The zero-order chi connectivity index (χ0) is 38.0. The van der Waals surface area contributed by atoms with Crippen LogP contribution >= 0.6 is 0 Å². The van der Waals surface area contributed by atoms with Crippen LogP contribution in [0.1, 0.15) is 27.2 Å². The Morgan fingerprint density at radius 1 is 0.906 bits per heavy atom. The van der Waals surface area contributed by atoms with Gasteiger partial charge in [0.15, 0.2) is 0 Å². The van der Waals surface area contributed by atoms with Crippen molar-refractivity contribution in [2.45, 2.75) is 70.3 Å². The second-order valence-electron chi connectivity index (χ2n) is 16.2. The summed E-state index contributed by atoms with van der Waals surface area (Å²) in [5.41, 5.74) is 0.484. The zero-order valence-corrected chi connectivity index (χ0v) is 34.2. The number of carbonyl (C=O) groups is 1. The number of nitrogens with zero attached hydrogens (tertiary/aromatic N) is 2. The first-order valence-corrected chi connectivity index (χ1v) is 23.9. The molecule has 8 nitrogen and oxygen atoms in total. The van der Waals surface area contributed by atoms with Crippen LogP contribution < -0.4 is 25.2 Å². The van der Waals surface area contributed by atoms with Gasteiger partial charge >= 0.3 is 0 Å². The van der Waals surface area contributed by atoms with Crippen molar-refractivity contribution in [1.29, 1.82) is 0 Å². The Labute approximate surface area is 314 Å². The van der Waals surface area contributed by atoms with Crippen LogP contribution in [0.3, 0.4) is 0 Å². The van der Waals surface area contributed by atoms with Crippen LogP contribution in [0.5, 0.6) is 11.5 Å². The molecule has 2 unspecified atom stereocenters. The number of fused-ring (bicyclic) bond motifs is 1. The second-order valence-corrected chi connectivity index (χ2v) is 26.1. The van der Waals surface area contributed by atoms with Gasteiger partial charge < -0.3 is 28.5 Å². The monoisotopic (exact) mass is 753 g/mol. The quantitative estimate of drug-likeness (QED) is 0.0857. The van der Waals surface area contributed by atoms with Crippen LogP contribution in [0.15, 0.2) is 97.2 Å². The number of anilines is 1. The number of methoxy groups -OCH3 is 2. The van der Waals surface area contributed by atoms with Crippen LogP contribution in [0.4, 0.5) is 10.2 Å². The number of benzene rings is 3. The van der Waals surface area contributed by atoms with E-state index in [2.05, 4.69) is 70.0 Å². The molecule has 1 amide bonds. The fraction of sp³-hybridized carbons (Fsp3) is 0.381. The number of alkyl halides is 1. The van der Waals surface area contributed by atoms with E-state index in [1.165, 1.54) is 0 Å². The lowest BCUT2D eigenvalue weighted by molar-refractivity contribution is -0.118. The summed E-state index contributed by atoms with van der Waals surface area (Å²) in [5, 5.41) is 5.59. The molecule has 5 aromatic rings. The highest BCUT2D eigenvalue weighted by molar-refractivity contribution is 6.99. The third-order valence-electron chi connectivity index (χ3n) is 10.2. The maximum Gasteiger partial charge on any atom is 0.261 e. The lowest BCUT2D eigenvalue weighted by atomic mass is 10.0. The van der Waals surface area contributed by atoms with E-state index >= 15 is 4.39 Å².